The molecule has 6 heteroatoms. The number of carbonyl (C=O) groups is 1. The van der Waals surface area contributed by atoms with Crippen molar-refractivity contribution >= 4 is 5.91 Å². The summed E-state index contributed by atoms with van der Waals surface area (Å²) >= 11 is 0. The molecule has 1 saturated heterocycles. The van der Waals surface area contributed by atoms with Crippen molar-refractivity contribution < 1.29 is 19.4 Å². The van der Waals surface area contributed by atoms with Gasteiger partial charge in [-0.25, -0.2) is 0 Å². The number of amides is 1. The van der Waals surface area contributed by atoms with Gasteiger partial charge in [-0.15, -0.1) is 0 Å². The zero-order valence-corrected chi connectivity index (χ0v) is 17.8. The summed E-state index contributed by atoms with van der Waals surface area (Å²) in [6, 6.07) is 14.3. The van der Waals surface area contributed by atoms with Crippen LogP contribution >= 0.6 is 0 Å². The van der Waals surface area contributed by atoms with E-state index in [4.69, 9.17) is 9.47 Å². The molecule has 164 valence electrons. The fraction of sp³-hybridized carbons (Fsp3) is 0.480. The molecule has 0 radical (unpaired) electrons. The zero-order valence-electron chi connectivity index (χ0n) is 17.8. The Morgan fingerprint density at radius 1 is 1.13 bits per heavy atom. The number of ether oxygens (including phenoxy) is 2. The van der Waals surface area contributed by atoms with Gasteiger partial charge < -0.3 is 19.5 Å². The third-order valence-corrected chi connectivity index (χ3v) is 6.95. The van der Waals surface area contributed by atoms with Crippen molar-refractivity contribution in [3.8, 4) is 11.5 Å². The lowest BCUT2D eigenvalue weighted by Crippen LogP contribution is -2.51. The number of nitrogens with one attached hydrogen (secondary N) is 1. The predicted octanol–water partition coefficient (Wildman–Crippen LogP) is 2.94. The van der Waals surface area contributed by atoms with E-state index in [2.05, 4.69) is 17.4 Å². The molecule has 1 aliphatic carbocycles. The molecular weight excluding hydrogens is 392 g/mol. The van der Waals surface area contributed by atoms with Gasteiger partial charge in [0.15, 0.2) is 11.5 Å². The fourth-order valence-electron chi connectivity index (χ4n) is 5.35. The molecule has 3 aliphatic rings. The van der Waals surface area contributed by atoms with Crippen molar-refractivity contribution in [1.29, 1.82) is 0 Å². The Labute approximate surface area is 183 Å². The number of likely N-dealkylation sites (tertiary alicyclic amines) is 1. The maximum absolute atomic E-state index is 13.3. The van der Waals surface area contributed by atoms with Crippen LogP contribution in [0.15, 0.2) is 42.5 Å². The first-order valence-corrected chi connectivity index (χ1v) is 11.3. The molecule has 2 aromatic rings. The molecule has 0 bridgehead atoms. The molecule has 1 fully saturated rings. The van der Waals surface area contributed by atoms with Crippen molar-refractivity contribution in [1.82, 2.24) is 10.2 Å². The third-order valence-electron chi connectivity index (χ3n) is 6.95. The lowest BCUT2D eigenvalue weighted by Gasteiger charge is -2.39. The van der Waals surface area contributed by atoms with Gasteiger partial charge in [0.05, 0.1) is 24.7 Å². The van der Waals surface area contributed by atoms with Crippen LogP contribution in [0.5, 0.6) is 11.5 Å². The van der Waals surface area contributed by atoms with Crippen LogP contribution in [0.4, 0.5) is 0 Å². The number of hydrogen-bond acceptors (Lipinski definition) is 5. The lowest BCUT2D eigenvalue weighted by molar-refractivity contribution is -0.131. The first-order chi connectivity index (χ1) is 15.2. The van der Waals surface area contributed by atoms with Crippen molar-refractivity contribution in [3.63, 3.8) is 0 Å². The van der Waals surface area contributed by atoms with Crippen molar-refractivity contribution in [3.05, 3.63) is 59.2 Å². The topological polar surface area (TPSA) is 71.0 Å². The summed E-state index contributed by atoms with van der Waals surface area (Å²) in [5.41, 5.74) is 2.94. The Hall–Kier alpha value is -2.57. The maximum atomic E-state index is 13.3. The van der Waals surface area contributed by atoms with E-state index >= 15 is 0 Å². The smallest absolute Gasteiger partial charge is 0.237 e. The van der Waals surface area contributed by atoms with Crippen LogP contribution in [0, 0.1) is 0 Å². The number of aliphatic hydroxyl groups excluding tert-OH is 1. The average molecular weight is 423 g/mol. The van der Waals surface area contributed by atoms with Gasteiger partial charge in [0, 0.05) is 6.54 Å². The molecule has 2 aliphatic heterocycles. The monoisotopic (exact) mass is 422 g/mol. The van der Waals surface area contributed by atoms with E-state index in [9.17, 15) is 9.90 Å². The van der Waals surface area contributed by atoms with E-state index < -0.39 is 5.54 Å². The molecule has 0 aromatic heterocycles. The molecule has 1 amide bonds. The number of aryl methyl sites for hydroxylation is 1. The number of nitrogens with zero attached hydrogens (tertiary/aromatic N) is 1. The molecule has 2 N–H and O–H groups in total. The van der Waals surface area contributed by atoms with E-state index in [0.717, 1.165) is 61.3 Å². The second-order valence-corrected chi connectivity index (χ2v) is 8.75. The molecule has 0 saturated carbocycles. The quantitative estimate of drug-likeness (QED) is 0.775. The van der Waals surface area contributed by atoms with Gasteiger partial charge in [0.2, 0.25) is 5.91 Å². The van der Waals surface area contributed by atoms with Gasteiger partial charge in [0.25, 0.3) is 0 Å². The average Bonchev–Trinajstić information content (AvgIpc) is 3.32. The van der Waals surface area contributed by atoms with Crippen molar-refractivity contribution in [2.24, 2.45) is 0 Å². The maximum Gasteiger partial charge on any atom is 0.237 e. The lowest BCUT2D eigenvalue weighted by atomic mass is 9.77. The minimum atomic E-state index is -0.545. The predicted molar refractivity (Wildman–Crippen MR) is 117 cm³/mol. The molecule has 6 nitrogen and oxygen atoms in total. The highest BCUT2D eigenvalue weighted by Crippen LogP contribution is 2.39. The number of hydrogen-bond donors (Lipinski definition) is 2. The van der Waals surface area contributed by atoms with E-state index in [0.29, 0.717) is 13.2 Å². The third kappa shape index (κ3) is 3.79. The van der Waals surface area contributed by atoms with E-state index in [1.54, 1.807) is 0 Å². The van der Waals surface area contributed by atoms with Gasteiger partial charge in [-0.05, 0) is 60.9 Å². The second kappa shape index (κ2) is 8.52. The zero-order chi connectivity index (χ0) is 21.3. The Morgan fingerprint density at radius 3 is 2.84 bits per heavy atom. The van der Waals surface area contributed by atoms with Crippen LogP contribution in [0.3, 0.4) is 0 Å². The Balaban J connectivity index is 1.31. The highest BCUT2D eigenvalue weighted by atomic mass is 16.6. The summed E-state index contributed by atoms with van der Waals surface area (Å²) in [5.74, 6) is 1.61. The van der Waals surface area contributed by atoms with Crippen LogP contribution in [0.1, 0.15) is 48.4 Å². The molecule has 2 atom stereocenters. The minimum Gasteiger partial charge on any atom is -0.486 e. The van der Waals surface area contributed by atoms with E-state index in [1.807, 2.05) is 35.2 Å². The Morgan fingerprint density at radius 2 is 1.97 bits per heavy atom. The van der Waals surface area contributed by atoms with Crippen molar-refractivity contribution in [2.75, 3.05) is 32.9 Å². The normalized spacial score (nSPS) is 24.7. The number of rotatable bonds is 5. The van der Waals surface area contributed by atoms with Gasteiger partial charge in [-0.2, -0.15) is 0 Å². The summed E-state index contributed by atoms with van der Waals surface area (Å²) in [6.07, 6.45) is 4.78. The fourth-order valence-corrected chi connectivity index (χ4v) is 5.35. The van der Waals surface area contributed by atoms with Gasteiger partial charge in [-0.1, -0.05) is 30.3 Å². The molecule has 2 aromatic carbocycles. The molecule has 5 rings (SSSR count). The highest BCUT2D eigenvalue weighted by molar-refractivity contribution is 5.79. The molecular formula is C25H30N2O4. The van der Waals surface area contributed by atoms with Gasteiger partial charge in [-0.3, -0.25) is 10.1 Å². The Bertz CT molecular complexity index is 962. The standard InChI is InChI=1S/C25H30N2O4/c28-17-25(11-3-6-18-5-1-2-7-20(18)25)26-16-24(29)27-12-4-8-21(27)19-9-10-22-23(15-19)31-14-13-30-22/h1-2,5,7,9-10,15,21,26,28H,3-4,6,8,11-14,16-17H2/t21-,25-/m1/s1. The van der Waals surface area contributed by atoms with Crippen LogP contribution < -0.4 is 14.8 Å². The number of aliphatic hydroxyl groups is 1. The SMILES string of the molecule is O=C(CN[C@@]1(CO)CCCc2ccccc21)N1CCC[C@@H]1c1ccc2c(c1)OCCO2. The van der Waals surface area contributed by atoms with Crippen molar-refractivity contribution in [2.45, 2.75) is 43.7 Å². The number of fused-ring (bicyclic) bond motifs is 2. The van der Waals surface area contributed by atoms with Gasteiger partial charge >= 0.3 is 0 Å². The summed E-state index contributed by atoms with van der Waals surface area (Å²) in [5, 5.41) is 13.7. The first-order valence-electron chi connectivity index (χ1n) is 11.3. The van der Waals surface area contributed by atoms with Crippen LogP contribution in [0.2, 0.25) is 0 Å². The second-order valence-electron chi connectivity index (χ2n) is 8.75. The summed E-state index contributed by atoms with van der Waals surface area (Å²) in [6.45, 7) is 2.08. The Kier molecular flexibility index (Phi) is 5.59. The molecule has 0 unspecified atom stereocenters. The summed E-state index contributed by atoms with van der Waals surface area (Å²) in [7, 11) is 0. The molecule has 0 spiro atoms. The van der Waals surface area contributed by atoms with E-state index in [1.165, 1.54) is 5.56 Å². The first kappa shape index (κ1) is 20.3. The molecule has 2 heterocycles. The van der Waals surface area contributed by atoms with Crippen LogP contribution in [0.25, 0.3) is 0 Å². The van der Waals surface area contributed by atoms with Gasteiger partial charge in [0.1, 0.15) is 13.2 Å². The van der Waals surface area contributed by atoms with Crippen LogP contribution in [-0.2, 0) is 16.8 Å². The highest BCUT2D eigenvalue weighted by Gasteiger charge is 2.37. The molecule has 31 heavy (non-hydrogen) atoms. The minimum absolute atomic E-state index is 0.0110. The number of carbonyl (C=O) groups excluding carboxylic acids is 1. The van der Waals surface area contributed by atoms with E-state index in [-0.39, 0.29) is 25.1 Å². The summed E-state index contributed by atoms with van der Waals surface area (Å²) < 4.78 is 11.4. The summed E-state index contributed by atoms with van der Waals surface area (Å²) in [4.78, 5) is 15.2. The largest absolute Gasteiger partial charge is 0.486 e. The van der Waals surface area contributed by atoms with Crippen LogP contribution in [-0.4, -0.2) is 48.8 Å². The number of benzene rings is 2.